The second-order valence-electron chi connectivity index (χ2n) is 8.58. The van der Waals surface area contributed by atoms with Crippen LogP contribution in [0.25, 0.3) is 0 Å². The van der Waals surface area contributed by atoms with Gasteiger partial charge in [0.2, 0.25) is 0 Å². The van der Waals surface area contributed by atoms with Gasteiger partial charge in [0.1, 0.15) is 0 Å². The van der Waals surface area contributed by atoms with E-state index < -0.39 is 5.92 Å². The van der Waals surface area contributed by atoms with Gasteiger partial charge in [0.15, 0.2) is 0 Å². The molecule has 0 bridgehead atoms. The Balaban J connectivity index is 1.57. The molecule has 168 valence electrons. The third-order valence-electron chi connectivity index (χ3n) is 6.20. The number of hydrogen-bond donors (Lipinski definition) is 2. The van der Waals surface area contributed by atoms with Gasteiger partial charge in [-0.3, -0.25) is 0 Å². The molecule has 0 aliphatic heterocycles. The van der Waals surface area contributed by atoms with Gasteiger partial charge in [-0.1, -0.05) is 0 Å². The fourth-order valence-electron chi connectivity index (χ4n) is 4.28. The van der Waals surface area contributed by atoms with E-state index >= 15 is 0 Å². The fourth-order valence-corrected chi connectivity index (χ4v) is 5.33. The molecule has 0 saturated heterocycles. The van der Waals surface area contributed by atoms with Crippen molar-refractivity contribution in [3.8, 4) is 6.07 Å². The maximum absolute atomic E-state index is 13.0. The molecule has 1 fully saturated rings. The Bertz CT molecular complexity index is 918. The normalized spacial score (nSPS) is 15.9. The Kier molecular flexibility index (Phi) is 9.38. The van der Waals surface area contributed by atoms with Crippen molar-refractivity contribution >= 4 is 28.7 Å². The summed E-state index contributed by atoms with van der Waals surface area (Å²) in [7, 11) is 0. The van der Waals surface area contributed by atoms with Crippen molar-refractivity contribution in [3.63, 3.8) is 0 Å². The molecule has 5 nitrogen and oxygen atoms in total. The average molecular weight is 493 g/mol. The van der Waals surface area contributed by atoms with Crippen molar-refractivity contribution in [2.24, 2.45) is 5.92 Å². The zero-order valence-electron chi connectivity index (χ0n) is 18.4. The summed E-state index contributed by atoms with van der Waals surface area (Å²) >= 11 is 1.47. The molecule has 6 heteroatoms. The molecule has 2 N–H and O–H groups in total. The van der Waals surface area contributed by atoms with Crippen LogP contribution in [0.2, 0.25) is 4.71 Å². The number of hydrogen-bond acceptors (Lipinski definition) is 3. The second-order valence-corrected chi connectivity index (χ2v) is 10.3. The summed E-state index contributed by atoms with van der Waals surface area (Å²) < 4.78 is 0.0173. The van der Waals surface area contributed by atoms with Crippen LogP contribution >= 0.6 is 0 Å². The molecule has 1 unspecified atom stereocenters. The van der Waals surface area contributed by atoms with Crippen molar-refractivity contribution in [3.05, 3.63) is 71.3 Å². The van der Waals surface area contributed by atoms with E-state index in [4.69, 9.17) is 5.26 Å². The van der Waals surface area contributed by atoms with Gasteiger partial charge in [-0.2, -0.15) is 5.26 Å². The molecule has 3 atom stereocenters. The van der Waals surface area contributed by atoms with Crippen LogP contribution in [-0.4, -0.2) is 35.2 Å². The molecule has 3 rings (SSSR count). The van der Waals surface area contributed by atoms with E-state index in [0.29, 0.717) is 18.0 Å². The summed E-state index contributed by atoms with van der Waals surface area (Å²) in [5, 5.41) is 15.0. The molecule has 1 saturated carbocycles. The van der Waals surface area contributed by atoms with E-state index in [0.717, 1.165) is 17.5 Å². The zero-order valence-corrected chi connectivity index (χ0v) is 20.8. The summed E-state index contributed by atoms with van der Waals surface area (Å²) in [4.78, 5) is 25.8. The predicted octanol–water partition coefficient (Wildman–Crippen LogP) is 3.47. The SMILES string of the molecule is N#Cc1ccc(CNC(=O)[C@@H](CNC(=O)[C@H]([AsH2])CC2CCCCC2)c2ccccc2)cc1. The summed E-state index contributed by atoms with van der Waals surface area (Å²) in [5.74, 6) is 0.141. The van der Waals surface area contributed by atoms with Crippen LogP contribution in [0.4, 0.5) is 0 Å². The zero-order chi connectivity index (χ0) is 22.8. The molecule has 0 radical (unpaired) electrons. The first kappa shape index (κ1) is 24.1. The van der Waals surface area contributed by atoms with Crippen LogP contribution in [0.1, 0.15) is 61.1 Å². The molecule has 32 heavy (non-hydrogen) atoms. The number of nitrogens with one attached hydrogen (secondary N) is 2. The number of rotatable bonds is 9. The van der Waals surface area contributed by atoms with Crippen molar-refractivity contribution in [2.45, 2.75) is 55.7 Å². The number of carbonyl (C=O) groups is 2. The number of benzene rings is 2. The Morgan fingerprint density at radius 2 is 1.66 bits per heavy atom. The van der Waals surface area contributed by atoms with Gasteiger partial charge in [0.25, 0.3) is 0 Å². The van der Waals surface area contributed by atoms with Crippen molar-refractivity contribution in [2.75, 3.05) is 6.54 Å². The molecule has 2 aromatic rings. The van der Waals surface area contributed by atoms with E-state index in [1.165, 1.54) is 49.0 Å². The third kappa shape index (κ3) is 7.24. The van der Waals surface area contributed by atoms with Crippen LogP contribution in [0.5, 0.6) is 0 Å². The first-order chi connectivity index (χ1) is 15.6. The van der Waals surface area contributed by atoms with Crippen molar-refractivity contribution in [1.29, 1.82) is 5.26 Å². The van der Waals surface area contributed by atoms with Gasteiger partial charge in [-0.15, -0.1) is 0 Å². The minimum absolute atomic E-state index is 0.0173. The number of nitriles is 1. The molecule has 1 aliphatic rings. The van der Waals surface area contributed by atoms with Gasteiger partial charge in [0, 0.05) is 0 Å². The Hall–Kier alpha value is -2.57. The van der Waals surface area contributed by atoms with Gasteiger partial charge in [-0.05, 0) is 0 Å². The number of carbonyl (C=O) groups excluding carboxylic acids is 2. The van der Waals surface area contributed by atoms with Gasteiger partial charge < -0.3 is 0 Å². The van der Waals surface area contributed by atoms with E-state index in [9.17, 15) is 9.59 Å². The molecule has 1 aliphatic carbocycles. The molecular formula is C26H32AsN3O2. The average Bonchev–Trinajstić information content (AvgIpc) is 2.84. The third-order valence-corrected chi connectivity index (χ3v) is 7.40. The van der Waals surface area contributed by atoms with E-state index in [1.807, 2.05) is 42.5 Å². The first-order valence-corrected chi connectivity index (χ1v) is 12.8. The maximum atomic E-state index is 13.0. The van der Waals surface area contributed by atoms with Gasteiger partial charge in [0.05, 0.1) is 6.07 Å². The van der Waals surface area contributed by atoms with Crippen LogP contribution in [-0.2, 0) is 16.1 Å². The summed E-state index contributed by atoms with van der Waals surface area (Å²) in [6.07, 6.45) is 7.30. The monoisotopic (exact) mass is 493 g/mol. The number of amides is 2. The minimum atomic E-state index is -0.451. The fraction of sp³-hybridized carbons (Fsp3) is 0.423. The first-order valence-electron chi connectivity index (χ1n) is 11.4. The van der Waals surface area contributed by atoms with Crippen LogP contribution in [0.3, 0.4) is 0 Å². The summed E-state index contributed by atoms with van der Waals surface area (Å²) in [5.41, 5.74) is 2.40. The van der Waals surface area contributed by atoms with E-state index in [-0.39, 0.29) is 23.1 Å². The van der Waals surface area contributed by atoms with E-state index in [1.54, 1.807) is 12.1 Å². The Morgan fingerprint density at radius 1 is 0.969 bits per heavy atom. The molecule has 0 spiro atoms. The molecule has 0 heterocycles. The molecule has 0 aromatic heterocycles. The van der Waals surface area contributed by atoms with Crippen LogP contribution in [0, 0.1) is 17.2 Å². The van der Waals surface area contributed by atoms with E-state index in [2.05, 4.69) is 16.7 Å². The quantitative estimate of drug-likeness (QED) is 0.525. The predicted molar refractivity (Wildman–Crippen MR) is 129 cm³/mol. The van der Waals surface area contributed by atoms with Crippen LogP contribution in [0.15, 0.2) is 54.6 Å². The van der Waals surface area contributed by atoms with Crippen LogP contribution < -0.4 is 10.6 Å². The summed E-state index contributed by atoms with van der Waals surface area (Å²) in [6, 6.07) is 18.8. The molecule has 2 aromatic carbocycles. The second kappa shape index (κ2) is 12.5. The van der Waals surface area contributed by atoms with Gasteiger partial charge in [-0.25, -0.2) is 0 Å². The molecular weight excluding hydrogens is 461 g/mol. The topological polar surface area (TPSA) is 82.0 Å². The number of nitrogens with zero attached hydrogens (tertiary/aromatic N) is 1. The van der Waals surface area contributed by atoms with Crippen molar-refractivity contribution < 1.29 is 9.59 Å². The van der Waals surface area contributed by atoms with Crippen molar-refractivity contribution in [1.82, 2.24) is 10.6 Å². The standard InChI is InChI=1S/C26H32AsN3O2/c27-24(15-19-7-3-1-4-8-19)26(32)30-18-23(22-9-5-2-6-10-22)25(31)29-17-21-13-11-20(16-28)12-14-21/h2,5-6,9-14,19,23-24H,1,3-4,7-8,15,17-18,27H2,(H,29,31)(H,30,32)/t23-,24+/m0/s1. The Morgan fingerprint density at radius 3 is 2.31 bits per heavy atom. The van der Waals surface area contributed by atoms with Gasteiger partial charge >= 0.3 is 188 Å². The Labute approximate surface area is 199 Å². The summed E-state index contributed by atoms with van der Waals surface area (Å²) in [6.45, 7) is 0.663. The molecule has 2 amide bonds.